The van der Waals surface area contributed by atoms with E-state index in [9.17, 15) is 9.00 Å². The summed E-state index contributed by atoms with van der Waals surface area (Å²) >= 11 is 5.76. The second kappa shape index (κ2) is 6.71. The van der Waals surface area contributed by atoms with Gasteiger partial charge in [-0.25, -0.2) is 4.98 Å². The zero-order chi connectivity index (χ0) is 12.8. The van der Waals surface area contributed by atoms with Crippen molar-refractivity contribution in [2.75, 3.05) is 18.1 Å². The van der Waals surface area contributed by atoms with Crippen LogP contribution in [0.15, 0.2) is 12.1 Å². The second-order valence-electron chi connectivity index (χ2n) is 3.51. The highest BCUT2D eigenvalue weighted by molar-refractivity contribution is 7.84. The maximum absolute atomic E-state index is 11.7. The largest absolute Gasteiger partial charge is 0.351 e. The first kappa shape index (κ1) is 14.1. The van der Waals surface area contributed by atoms with Crippen LogP contribution in [0.4, 0.5) is 0 Å². The number of pyridine rings is 1. The van der Waals surface area contributed by atoms with Crippen molar-refractivity contribution < 1.29 is 9.00 Å². The molecule has 1 N–H and O–H groups in total. The maximum atomic E-state index is 11.7. The summed E-state index contributed by atoms with van der Waals surface area (Å²) in [5, 5.41) is 3.00. The van der Waals surface area contributed by atoms with E-state index >= 15 is 0 Å². The third-order valence-electron chi connectivity index (χ3n) is 2.12. The van der Waals surface area contributed by atoms with Crippen LogP contribution in [0.1, 0.15) is 23.0 Å². The minimum absolute atomic E-state index is 0.217. The number of amides is 1. The van der Waals surface area contributed by atoms with Gasteiger partial charge in [-0.1, -0.05) is 18.5 Å². The van der Waals surface area contributed by atoms with Crippen LogP contribution >= 0.6 is 11.6 Å². The molecule has 0 aliphatic carbocycles. The standard InChI is InChI=1S/C11H15ClN2O2S/c1-3-17(16)5-4-13-11(15)9-6-8(2)14-10(12)7-9/h6-7H,3-5H2,1-2H3,(H,13,15). The number of halogens is 1. The minimum atomic E-state index is -0.862. The molecule has 1 heterocycles. The highest BCUT2D eigenvalue weighted by atomic mass is 35.5. The van der Waals surface area contributed by atoms with E-state index in [1.54, 1.807) is 13.0 Å². The Bertz CT molecular complexity index is 417. The molecule has 0 spiro atoms. The molecule has 0 aliphatic rings. The third-order valence-corrected chi connectivity index (χ3v) is 3.62. The number of nitrogens with one attached hydrogen (secondary N) is 1. The lowest BCUT2D eigenvalue weighted by molar-refractivity contribution is 0.0956. The van der Waals surface area contributed by atoms with Crippen LogP contribution in [0, 0.1) is 6.92 Å². The van der Waals surface area contributed by atoms with Crippen molar-refractivity contribution in [3.05, 3.63) is 28.5 Å². The normalized spacial score (nSPS) is 12.2. The van der Waals surface area contributed by atoms with E-state index in [-0.39, 0.29) is 5.91 Å². The summed E-state index contributed by atoms with van der Waals surface area (Å²) in [5.41, 5.74) is 1.17. The average molecular weight is 275 g/mol. The lowest BCUT2D eigenvalue weighted by atomic mass is 10.2. The topological polar surface area (TPSA) is 59.1 Å². The van der Waals surface area contributed by atoms with E-state index in [4.69, 9.17) is 11.6 Å². The fourth-order valence-corrected chi connectivity index (χ4v) is 2.15. The van der Waals surface area contributed by atoms with E-state index in [2.05, 4.69) is 10.3 Å². The van der Waals surface area contributed by atoms with Crippen LogP contribution in [-0.2, 0) is 10.8 Å². The molecule has 1 atom stereocenters. The van der Waals surface area contributed by atoms with E-state index < -0.39 is 10.8 Å². The van der Waals surface area contributed by atoms with Gasteiger partial charge in [0.25, 0.3) is 5.91 Å². The molecule has 1 aromatic heterocycles. The minimum Gasteiger partial charge on any atom is -0.351 e. The van der Waals surface area contributed by atoms with E-state index in [1.807, 2.05) is 6.92 Å². The molecule has 1 unspecified atom stereocenters. The van der Waals surface area contributed by atoms with Gasteiger partial charge < -0.3 is 5.32 Å². The molecule has 1 aromatic rings. The number of rotatable bonds is 5. The molecular formula is C11H15ClN2O2S. The van der Waals surface area contributed by atoms with Crippen molar-refractivity contribution in [2.45, 2.75) is 13.8 Å². The van der Waals surface area contributed by atoms with Crippen LogP contribution in [0.25, 0.3) is 0 Å². The van der Waals surface area contributed by atoms with Crippen molar-refractivity contribution in [3.63, 3.8) is 0 Å². The number of carbonyl (C=O) groups excluding carboxylic acids is 1. The SMILES string of the molecule is CCS(=O)CCNC(=O)c1cc(C)nc(Cl)c1. The van der Waals surface area contributed by atoms with Crippen molar-refractivity contribution in [1.82, 2.24) is 10.3 Å². The van der Waals surface area contributed by atoms with Crippen LogP contribution in [0.5, 0.6) is 0 Å². The first-order chi connectivity index (χ1) is 8.02. The molecular weight excluding hydrogens is 260 g/mol. The number of carbonyl (C=O) groups is 1. The van der Waals surface area contributed by atoms with E-state index in [1.165, 1.54) is 6.07 Å². The van der Waals surface area contributed by atoms with Gasteiger partial charge in [0.2, 0.25) is 0 Å². The monoisotopic (exact) mass is 274 g/mol. The summed E-state index contributed by atoms with van der Waals surface area (Å²) < 4.78 is 11.2. The molecule has 94 valence electrons. The lowest BCUT2D eigenvalue weighted by Crippen LogP contribution is -2.28. The smallest absolute Gasteiger partial charge is 0.251 e. The first-order valence-electron chi connectivity index (χ1n) is 5.30. The third kappa shape index (κ3) is 4.83. The van der Waals surface area contributed by atoms with E-state index in [0.29, 0.717) is 34.5 Å². The molecule has 4 nitrogen and oxygen atoms in total. The Morgan fingerprint density at radius 1 is 1.53 bits per heavy atom. The summed E-state index contributed by atoms with van der Waals surface area (Å²) in [6, 6.07) is 3.18. The van der Waals surface area contributed by atoms with Gasteiger partial charge in [-0.05, 0) is 19.1 Å². The van der Waals surface area contributed by atoms with Gasteiger partial charge in [0.05, 0.1) is 0 Å². The number of aryl methyl sites for hydroxylation is 1. The fraction of sp³-hybridized carbons (Fsp3) is 0.455. The zero-order valence-corrected chi connectivity index (χ0v) is 11.4. The van der Waals surface area contributed by atoms with Crippen molar-refractivity contribution >= 4 is 28.3 Å². The summed E-state index contributed by atoms with van der Waals surface area (Å²) in [4.78, 5) is 15.7. The van der Waals surface area contributed by atoms with Gasteiger partial charge in [-0.15, -0.1) is 0 Å². The molecule has 1 amide bonds. The quantitative estimate of drug-likeness (QED) is 0.829. The zero-order valence-electron chi connectivity index (χ0n) is 9.83. The molecule has 0 bridgehead atoms. The average Bonchev–Trinajstić information content (AvgIpc) is 2.27. The van der Waals surface area contributed by atoms with Crippen LogP contribution in [-0.4, -0.2) is 33.2 Å². The second-order valence-corrected chi connectivity index (χ2v) is 5.76. The molecule has 1 rings (SSSR count). The Balaban J connectivity index is 2.55. The van der Waals surface area contributed by atoms with Gasteiger partial charge in [-0.2, -0.15) is 0 Å². The summed E-state index contributed by atoms with van der Waals surface area (Å²) in [7, 11) is -0.862. The van der Waals surface area contributed by atoms with Crippen LogP contribution in [0.2, 0.25) is 5.15 Å². The number of aromatic nitrogens is 1. The van der Waals surface area contributed by atoms with Crippen LogP contribution < -0.4 is 5.32 Å². The lowest BCUT2D eigenvalue weighted by Gasteiger charge is -2.05. The summed E-state index contributed by atoms with van der Waals surface area (Å²) in [6.45, 7) is 4.02. The Kier molecular flexibility index (Phi) is 5.58. The maximum Gasteiger partial charge on any atom is 0.251 e. The number of nitrogens with zero attached hydrogens (tertiary/aromatic N) is 1. The van der Waals surface area contributed by atoms with Gasteiger partial charge in [0.1, 0.15) is 5.15 Å². The highest BCUT2D eigenvalue weighted by Gasteiger charge is 2.07. The van der Waals surface area contributed by atoms with Gasteiger partial charge in [0.15, 0.2) is 0 Å². The summed E-state index contributed by atoms with van der Waals surface area (Å²) in [6.07, 6.45) is 0. The highest BCUT2D eigenvalue weighted by Crippen LogP contribution is 2.10. The van der Waals surface area contributed by atoms with E-state index in [0.717, 1.165) is 0 Å². The molecule has 0 radical (unpaired) electrons. The number of hydrogen-bond donors (Lipinski definition) is 1. The fourth-order valence-electron chi connectivity index (χ4n) is 1.28. The molecule has 0 aromatic carbocycles. The first-order valence-corrected chi connectivity index (χ1v) is 7.17. The van der Waals surface area contributed by atoms with Gasteiger partial charge in [-0.3, -0.25) is 9.00 Å². The predicted molar refractivity (Wildman–Crippen MR) is 69.9 cm³/mol. The van der Waals surface area contributed by atoms with Crippen LogP contribution in [0.3, 0.4) is 0 Å². The van der Waals surface area contributed by atoms with Gasteiger partial charge >= 0.3 is 0 Å². The Morgan fingerprint density at radius 3 is 2.82 bits per heavy atom. The molecule has 0 aliphatic heterocycles. The molecule has 0 fully saturated rings. The molecule has 0 saturated heterocycles. The van der Waals surface area contributed by atoms with Crippen molar-refractivity contribution in [2.24, 2.45) is 0 Å². The molecule has 0 saturated carbocycles. The predicted octanol–water partition coefficient (Wildman–Crippen LogP) is 1.54. The Hall–Kier alpha value is -0.940. The molecule has 17 heavy (non-hydrogen) atoms. The Morgan fingerprint density at radius 2 is 2.24 bits per heavy atom. The van der Waals surface area contributed by atoms with Crippen molar-refractivity contribution in [3.8, 4) is 0 Å². The Labute approximate surface area is 108 Å². The number of hydrogen-bond acceptors (Lipinski definition) is 3. The summed E-state index contributed by atoms with van der Waals surface area (Å²) in [5.74, 6) is 0.862. The van der Waals surface area contributed by atoms with Gasteiger partial charge in [0, 0.05) is 40.1 Å². The molecule has 6 heteroatoms. The van der Waals surface area contributed by atoms with Crippen molar-refractivity contribution in [1.29, 1.82) is 0 Å².